The van der Waals surface area contributed by atoms with E-state index in [9.17, 15) is 12.8 Å². The van der Waals surface area contributed by atoms with Crippen molar-refractivity contribution in [3.63, 3.8) is 0 Å². The number of sulfonamides is 1. The highest BCUT2D eigenvalue weighted by Crippen LogP contribution is 2.23. The van der Waals surface area contributed by atoms with Gasteiger partial charge in [0, 0.05) is 15.5 Å². The summed E-state index contributed by atoms with van der Waals surface area (Å²) in [6.45, 7) is 3.50. The summed E-state index contributed by atoms with van der Waals surface area (Å²) < 4.78 is 41.0. The molecule has 0 aliphatic rings. The molecule has 0 spiro atoms. The molecule has 4 nitrogen and oxygen atoms in total. The third-order valence-electron chi connectivity index (χ3n) is 2.52. The second kappa shape index (κ2) is 5.88. The summed E-state index contributed by atoms with van der Waals surface area (Å²) in [6.07, 6.45) is 0. The van der Waals surface area contributed by atoms with Crippen LogP contribution in [0.3, 0.4) is 0 Å². The maximum Gasteiger partial charge on any atom is 0.244 e. The van der Waals surface area contributed by atoms with Crippen molar-refractivity contribution in [2.75, 3.05) is 0 Å². The van der Waals surface area contributed by atoms with Gasteiger partial charge in [0.1, 0.15) is 15.7 Å². The highest BCUT2D eigenvalue weighted by atomic mass is 79.9. The minimum absolute atomic E-state index is 0.374. The van der Waals surface area contributed by atoms with Crippen molar-refractivity contribution in [1.29, 1.82) is 0 Å². The van der Waals surface area contributed by atoms with Gasteiger partial charge in [-0.05, 0) is 32.0 Å². The number of hydrogen-bond donors (Lipinski definition) is 1. The normalized spacial score (nSPS) is 13.4. The number of nitrogens with one attached hydrogen (secondary N) is 1. The SMILES string of the molecule is Cc1csc(C(C)NS(=O)(=O)c2ccc(Br)cc2F)n1. The molecule has 0 aliphatic carbocycles. The molecule has 0 radical (unpaired) electrons. The Labute approximate surface area is 129 Å². The number of hydrogen-bond acceptors (Lipinski definition) is 4. The lowest BCUT2D eigenvalue weighted by Crippen LogP contribution is -2.27. The highest BCUT2D eigenvalue weighted by Gasteiger charge is 2.23. The van der Waals surface area contributed by atoms with E-state index < -0.39 is 21.9 Å². The summed E-state index contributed by atoms with van der Waals surface area (Å²) in [5.41, 5.74) is 0.825. The molecule has 8 heteroatoms. The lowest BCUT2D eigenvalue weighted by Gasteiger charge is -2.12. The van der Waals surface area contributed by atoms with Crippen LogP contribution in [-0.2, 0) is 10.0 Å². The lowest BCUT2D eigenvalue weighted by molar-refractivity contribution is 0.546. The molecular formula is C12H12BrFN2O2S2. The molecule has 2 rings (SSSR count). The zero-order chi connectivity index (χ0) is 14.9. The predicted octanol–water partition coefficient (Wildman–Crippen LogP) is 3.39. The van der Waals surface area contributed by atoms with E-state index in [-0.39, 0.29) is 4.90 Å². The van der Waals surface area contributed by atoms with Crippen LogP contribution in [0, 0.1) is 12.7 Å². The lowest BCUT2D eigenvalue weighted by atomic mass is 10.3. The van der Waals surface area contributed by atoms with E-state index in [2.05, 4.69) is 25.6 Å². The van der Waals surface area contributed by atoms with E-state index in [0.29, 0.717) is 9.48 Å². The van der Waals surface area contributed by atoms with Gasteiger partial charge in [0.05, 0.1) is 6.04 Å². The van der Waals surface area contributed by atoms with Gasteiger partial charge in [-0.25, -0.2) is 22.5 Å². The molecule has 0 saturated heterocycles. The number of aromatic nitrogens is 1. The molecule has 0 saturated carbocycles. The number of aryl methyl sites for hydroxylation is 1. The monoisotopic (exact) mass is 378 g/mol. The molecule has 0 aliphatic heterocycles. The molecule has 1 N–H and O–H groups in total. The van der Waals surface area contributed by atoms with Crippen LogP contribution in [0.15, 0.2) is 32.9 Å². The molecule has 1 unspecified atom stereocenters. The Balaban J connectivity index is 2.27. The van der Waals surface area contributed by atoms with Crippen LogP contribution >= 0.6 is 27.3 Å². The summed E-state index contributed by atoms with van der Waals surface area (Å²) in [5.74, 6) is -0.797. The van der Waals surface area contributed by atoms with Crippen LogP contribution < -0.4 is 4.72 Å². The van der Waals surface area contributed by atoms with Crippen molar-refractivity contribution in [2.45, 2.75) is 24.8 Å². The Morgan fingerprint density at radius 2 is 2.15 bits per heavy atom. The summed E-state index contributed by atoms with van der Waals surface area (Å²) in [6, 6.07) is 3.31. The molecule has 1 aromatic carbocycles. The standard InChI is InChI=1S/C12H12BrFN2O2S2/c1-7-6-19-12(15-7)8(2)16-20(17,18)11-4-3-9(13)5-10(11)14/h3-6,8,16H,1-2H3. The highest BCUT2D eigenvalue weighted by molar-refractivity contribution is 9.10. The van der Waals surface area contributed by atoms with Gasteiger partial charge in [0.2, 0.25) is 10.0 Å². The van der Waals surface area contributed by atoms with Gasteiger partial charge < -0.3 is 0 Å². The van der Waals surface area contributed by atoms with Crippen molar-refractivity contribution in [1.82, 2.24) is 9.71 Å². The maximum atomic E-state index is 13.7. The fraction of sp³-hybridized carbons (Fsp3) is 0.250. The third-order valence-corrected chi connectivity index (χ3v) is 5.74. The molecule has 108 valence electrons. The van der Waals surface area contributed by atoms with Gasteiger partial charge in [-0.15, -0.1) is 11.3 Å². The van der Waals surface area contributed by atoms with Crippen molar-refractivity contribution < 1.29 is 12.8 Å². The van der Waals surface area contributed by atoms with E-state index in [1.807, 2.05) is 12.3 Å². The van der Waals surface area contributed by atoms with Crippen LogP contribution in [0.2, 0.25) is 0 Å². The van der Waals surface area contributed by atoms with Crippen LogP contribution in [0.25, 0.3) is 0 Å². The van der Waals surface area contributed by atoms with Gasteiger partial charge in [0.25, 0.3) is 0 Å². The van der Waals surface area contributed by atoms with Crippen molar-refractivity contribution in [3.8, 4) is 0 Å². The molecule has 20 heavy (non-hydrogen) atoms. The fourth-order valence-electron chi connectivity index (χ4n) is 1.61. The average molecular weight is 379 g/mol. The molecular weight excluding hydrogens is 367 g/mol. The molecule has 2 aromatic rings. The second-order valence-electron chi connectivity index (χ2n) is 4.24. The zero-order valence-corrected chi connectivity index (χ0v) is 13.9. The van der Waals surface area contributed by atoms with Crippen molar-refractivity contribution in [3.05, 3.63) is 44.6 Å². The largest absolute Gasteiger partial charge is 0.245 e. The van der Waals surface area contributed by atoms with E-state index in [1.54, 1.807) is 6.92 Å². The zero-order valence-electron chi connectivity index (χ0n) is 10.7. The predicted molar refractivity (Wildman–Crippen MR) is 79.7 cm³/mol. The summed E-state index contributed by atoms with van der Waals surface area (Å²) in [7, 11) is -3.93. The minimum Gasteiger partial charge on any atom is -0.245 e. The molecule has 1 aromatic heterocycles. The second-order valence-corrected chi connectivity index (χ2v) is 7.73. The molecule has 1 heterocycles. The Hall–Kier alpha value is -0.830. The maximum absolute atomic E-state index is 13.7. The van der Waals surface area contributed by atoms with Gasteiger partial charge in [0.15, 0.2) is 0 Å². The molecule has 1 atom stereocenters. The Bertz CT molecular complexity index is 731. The fourth-order valence-corrected chi connectivity index (χ4v) is 4.09. The summed E-state index contributed by atoms with van der Waals surface area (Å²) >= 11 is 4.45. The number of thiazole rings is 1. The van der Waals surface area contributed by atoms with Crippen molar-refractivity contribution >= 4 is 37.3 Å². The van der Waals surface area contributed by atoms with Crippen LogP contribution in [0.1, 0.15) is 23.7 Å². The van der Waals surface area contributed by atoms with E-state index >= 15 is 0 Å². The van der Waals surface area contributed by atoms with Crippen LogP contribution in [0.5, 0.6) is 0 Å². The number of halogens is 2. The van der Waals surface area contributed by atoms with E-state index in [4.69, 9.17) is 0 Å². The first-order valence-corrected chi connectivity index (χ1v) is 8.84. The first-order valence-electron chi connectivity index (χ1n) is 5.69. The third kappa shape index (κ3) is 3.43. The van der Waals surface area contributed by atoms with Gasteiger partial charge in [-0.1, -0.05) is 15.9 Å². The van der Waals surface area contributed by atoms with Gasteiger partial charge >= 0.3 is 0 Å². The smallest absolute Gasteiger partial charge is 0.244 e. The first kappa shape index (κ1) is 15.6. The van der Waals surface area contributed by atoms with Gasteiger partial charge in [-0.3, -0.25) is 0 Å². The Kier molecular flexibility index (Phi) is 4.58. The average Bonchev–Trinajstić information content (AvgIpc) is 2.74. The minimum atomic E-state index is -3.93. The van der Waals surface area contributed by atoms with Crippen LogP contribution in [-0.4, -0.2) is 13.4 Å². The van der Waals surface area contributed by atoms with E-state index in [0.717, 1.165) is 11.8 Å². The summed E-state index contributed by atoms with van der Waals surface area (Å²) in [4.78, 5) is 3.84. The van der Waals surface area contributed by atoms with Crippen molar-refractivity contribution in [2.24, 2.45) is 0 Å². The first-order chi connectivity index (χ1) is 9.29. The Morgan fingerprint density at radius 3 is 2.70 bits per heavy atom. The number of nitrogens with zero attached hydrogens (tertiary/aromatic N) is 1. The van der Waals surface area contributed by atoms with E-state index in [1.165, 1.54) is 23.5 Å². The Morgan fingerprint density at radius 1 is 1.45 bits per heavy atom. The summed E-state index contributed by atoms with van der Waals surface area (Å²) in [5, 5.41) is 2.48. The van der Waals surface area contributed by atoms with Gasteiger partial charge in [-0.2, -0.15) is 0 Å². The van der Waals surface area contributed by atoms with Crippen LogP contribution in [0.4, 0.5) is 4.39 Å². The quantitative estimate of drug-likeness (QED) is 0.886. The number of benzene rings is 1. The number of rotatable bonds is 4. The molecule has 0 amide bonds. The topological polar surface area (TPSA) is 59.1 Å². The molecule has 0 fully saturated rings. The molecule has 0 bridgehead atoms.